The number of imidazole rings is 1. The lowest BCUT2D eigenvalue weighted by molar-refractivity contribution is 0.600. The van der Waals surface area contributed by atoms with E-state index < -0.39 is 9.84 Å². The zero-order valence-electron chi connectivity index (χ0n) is 18.0. The summed E-state index contributed by atoms with van der Waals surface area (Å²) in [6, 6.07) is 13.7. The first-order valence-corrected chi connectivity index (χ1v) is 11.9. The highest BCUT2D eigenvalue weighted by Gasteiger charge is 2.19. The molecule has 3 aromatic heterocycles. The molecular formula is C23H24N4O3S. The summed E-state index contributed by atoms with van der Waals surface area (Å²) in [6.45, 7) is 4.27. The number of nitrogens with zero attached hydrogens (tertiary/aromatic N) is 4. The van der Waals surface area contributed by atoms with Crippen molar-refractivity contribution in [2.45, 2.75) is 26.1 Å². The van der Waals surface area contributed by atoms with Crippen LogP contribution < -0.4 is 5.56 Å². The Morgan fingerprint density at radius 2 is 1.74 bits per heavy atom. The Bertz CT molecular complexity index is 1430. The number of sulfone groups is 1. The van der Waals surface area contributed by atoms with Crippen molar-refractivity contribution >= 4 is 20.9 Å². The molecular weight excluding hydrogens is 412 g/mol. The van der Waals surface area contributed by atoms with Crippen LogP contribution in [0.3, 0.4) is 0 Å². The summed E-state index contributed by atoms with van der Waals surface area (Å²) in [5, 5.41) is 0. The van der Waals surface area contributed by atoms with Crippen LogP contribution in [0.1, 0.15) is 22.6 Å². The lowest BCUT2D eigenvalue weighted by Crippen LogP contribution is -2.18. The molecule has 0 unspecified atom stereocenters. The average Bonchev–Trinajstić information content (AvgIpc) is 3.01. The third-order valence-electron chi connectivity index (χ3n) is 5.24. The molecule has 0 atom stereocenters. The second-order valence-electron chi connectivity index (χ2n) is 7.95. The highest BCUT2D eigenvalue weighted by atomic mass is 32.2. The van der Waals surface area contributed by atoms with E-state index in [1.807, 2.05) is 43.3 Å². The quantitative estimate of drug-likeness (QED) is 0.480. The van der Waals surface area contributed by atoms with Gasteiger partial charge in [-0.15, -0.1) is 0 Å². The van der Waals surface area contributed by atoms with E-state index in [2.05, 4.69) is 14.5 Å². The van der Waals surface area contributed by atoms with Gasteiger partial charge in [-0.25, -0.2) is 18.4 Å². The van der Waals surface area contributed by atoms with Crippen LogP contribution in [0.2, 0.25) is 0 Å². The van der Waals surface area contributed by atoms with Gasteiger partial charge in [-0.2, -0.15) is 0 Å². The zero-order valence-corrected chi connectivity index (χ0v) is 18.8. The fourth-order valence-electron chi connectivity index (χ4n) is 3.78. The van der Waals surface area contributed by atoms with E-state index in [4.69, 9.17) is 0 Å². The first-order chi connectivity index (χ1) is 14.6. The van der Waals surface area contributed by atoms with Crippen LogP contribution >= 0.6 is 0 Å². The maximum absolute atomic E-state index is 12.1. The Balaban J connectivity index is 1.97. The Kier molecular flexibility index (Phi) is 5.26. The van der Waals surface area contributed by atoms with Gasteiger partial charge in [-0.3, -0.25) is 4.79 Å². The van der Waals surface area contributed by atoms with Gasteiger partial charge in [0, 0.05) is 37.2 Å². The van der Waals surface area contributed by atoms with E-state index in [0.717, 1.165) is 22.5 Å². The van der Waals surface area contributed by atoms with E-state index in [1.54, 1.807) is 26.2 Å². The van der Waals surface area contributed by atoms with Crippen LogP contribution in [0.15, 0.2) is 53.5 Å². The standard InChI is InChI=1S/C23H24N4O3S/c1-15-10-18(13-26(3)23(15)28)19-11-21-22(20(25-19)14-31(4,29)30)24-16(2)27(21)12-17-8-6-5-7-9-17/h5-11,13H,12,14H2,1-4H3. The molecule has 0 fully saturated rings. The molecule has 0 N–H and O–H groups in total. The number of aromatic nitrogens is 4. The van der Waals surface area contributed by atoms with Crippen LogP contribution in [0.4, 0.5) is 0 Å². The lowest BCUT2D eigenvalue weighted by Gasteiger charge is -2.11. The molecule has 4 rings (SSSR count). The Hall–Kier alpha value is -3.26. The maximum atomic E-state index is 12.1. The molecule has 0 aliphatic heterocycles. The number of hydrogen-bond donors (Lipinski definition) is 0. The number of hydrogen-bond acceptors (Lipinski definition) is 5. The molecule has 7 nitrogen and oxygen atoms in total. The van der Waals surface area contributed by atoms with E-state index >= 15 is 0 Å². The monoisotopic (exact) mass is 436 g/mol. The summed E-state index contributed by atoms with van der Waals surface area (Å²) < 4.78 is 27.8. The van der Waals surface area contributed by atoms with Crippen molar-refractivity contribution in [3.63, 3.8) is 0 Å². The predicted molar refractivity (Wildman–Crippen MR) is 122 cm³/mol. The Labute approximate surface area is 180 Å². The van der Waals surface area contributed by atoms with Crippen LogP contribution in [0.25, 0.3) is 22.3 Å². The smallest absolute Gasteiger partial charge is 0.253 e. The fourth-order valence-corrected chi connectivity index (χ4v) is 4.48. The largest absolute Gasteiger partial charge is 0.324 e. The summed E-state index contributed by atoms with van der Waals surface area (Å²) in [6.07, 6.45) is 2.91. The minimum atomic E-state index is -3.32. The zero-order chi connectivity index (χ0) is 22.3. The highest BCUT2D eigenvalue weighted by Crippen LogP contribution is 2.27. The van der Waals surface area contributed by atoms with Crippen LogP contribution in [-0.4, -0.2) is 33.8 Å². The molecule has 0 spiro atoms. The maximum Gasteiger partial charge on any atom is 0.253 e. The molecule has 4 aromatic rings. The number of aryl methyl sites for hydroxylation is 3. The molecule has 0 aliphatic rings. The van der Waals surface area contributed by atoms with Gasteiger partial charge in [0.15, 0.2) is 9.84 Å². The van der Waals surface area contributed by atoms with Gasteiger partial charge in [0.2, 0.25) is 0 Å². The van der Waals surface area contributed by atoms with Gasteiger partial charge < -0.3 is 9.13 Å². The van der Waals surface area contributed by atoms with Gasteiger partial charge in [-0.05, 0) is 31.5 Å². The molecule has 8 heteroatoms. The van der Waals surface area contributed by atoms with Crippen LogP contribution in [0.5, 0.6) is 0 Å². The van der Waals surface area contributed by atoms with Crippen molar-refractivity contribution in [2.75, 3.05) is 6.26 Å². The van der Waals surface area contributed by atoms with Crippen molar-refractivity contribution in [2.24, 2.45) is 7.05 Å². The molecule has 1 aromatic carbocycles. The molecule has 0 saturated carbocycles. The molecule has 31 heavy (non-hydrogen) atoms. The molecule has 0 saturated heterocycles. The molecule has 160 valence electrons. The van der Waals surface area contributed by atoms with E-state index in [1.165, 1.54) is 10.8 Å². The Morgan fingerprint density at radius 1 is 1.03 bits per heavy atom. The summed E-state index contributed by atoms with van der Waals surface area (Å²) in [5.74, 6) is 0.577. The summed E-state index contributed by atoms with van der Waals surface area (Å²) in [4.78, 5) is 21.4. The second-order valence-corrected chi connectivity index (χ2v) is 10.1. The topological polar surface area (TPSA) is 86.8 Å². The molecule has 0 aliphatic carbocycles. The first kappa shape index (κ1) is 21.0. The molecule has 0 amide bonds. The number of pyridine rings is 2. The predicted octanol–water partition coefficient (Wildman–Crippen LogP) is 3.01. The van der Waals surface area contributed by atoms with Crippen LogP contribution in [0, 0.1) is 13.8 Å². The summed E-state index contributed by atoms with van der Waals surface area (Å²) in [5.41, 5.74) is 4.81. The minimum Gasteiger partial charge on any atom is -0.324 e. The molecule has 0 bridgehead atoms. The normalized spacial score (nSPS) is 11.9. The lowest BCUT2D eigenvalue weighted by atomic mass is 10.1. The molecule has 3 heterocycles. The van der Waals surface area contributed by atoms with Crippen molar-refractivity contribution in [3.8, 4) is 11.3 Å². The SMILES string of the molecule is Cc1cc(-c2cc3c(nc(C)n3Cc3ccccc3)c(CS(C)(=O)=O)n2)cn(C)c1=O. The minimum absolute atomic E-state index is 0.0776. The van der Waals surface area contributed by atoms with Gasteiger partial charge in [0.05, 0.1) is 22.7 Å². The molecule has 0 radical (unpaired) electrons. The van der Waals surface area contributed by atoms with Crippen molar-refractivity contribution < 1.29 is 8.42 Å². The second kappa shape index (κ2) is 7.77. The number of fused-ring (bicyclic) bond motifs is 1. The first-order valence-electron chi connectivity index (χ1n) is 9.88. The van der Waals surface area contributed by atoms with E-state index in [9.17, 15) is 13.2 Å². The van der Waals surface area contributed by atoms with Crippen molar-refractivity contribution in [1.29, 1.82) is 0 Å². The van der Waals surface area contributed by atoms with Gasteiger partial charge in [0.1, 0.15) is 11.3 Å². The fraction of sp³-hybridized carbons (Fsp3) is 0.261. The van der Waals surface area contributed by atoms with Crippen molar-refractivity contribution in [3.05, 3.63) is 81.7 Å². The third kappa shape index (κ3) is 4.29. The van der Waals surface area contributed by atoms with Crippen molar-refractivity contribution in [1.82, 2.24) is 19.1 Å². The van der Waals surface area contributed by atoms with E-state index in [-0.39, 0.29) is 11.3 Å². The van der Waals surface area contributed by atoms with Gasteiger partial charge in [-0.1, -0.05) is 30.3 Å². The van der Waals surface area contributed by atoms with Gasteiger partial charge in [0.25, 0.3) is 5.56 Å². The Morgan fingerprint density at radius 3 is 2.39 bits per heavy atom. The summed E-state index contributed by atoms with van der Waals surface area (Å²) >= 11 is 0. The average molecular weight is 437 g/mol. The summed E-state index contributed by atoms with van der Waals surface area (Å²) in [7, 11) is -1.63. The van der Waals surface area contributed by atoms with E-state index in [0.29, 0.717) is 29.0 Å². The third-order valence-corrected chi connectivity index (χ3v) is 6.04. The number of rotatable bonds is 5. The van der Waals surface area contributed by atoms with Gasteiger partial charge >= 0.3 is 0 Å². The highest BCUT2D eigenvalue weighted by molar-refractivity contribution is 7.89. The van der Waals surface area contributed by atoms with Crippen LogP contribution in [-0.2, 0) is 29.2 Å². The number of benzene rings is 1.